The zero-order valence-electron chi connectivity index (χ0n) is 16.8. The number of methoxy groups -OCH3 is 1. The van der Waals surface area contributed by atoms with Crippen LogP contribution in [0.4, 0.5) is 0 Å². The zero-order valence-corrected chi connectivity index (χ0v) is 17.6. The van der Waals surface area contributed by atoms with Crippen molar-refractivity contribution in [3.8, 4) is 0 Å². The number of fused-ring (bicyclic) bond motifs is 1. The SMILES string of the molecule is CCN1CCN(C(=O)[C@@H](C)Sc2nc3ccccc3c(=O)n2CCOC)CC1. The first-order valence-corrected chi connectivity index (χ1v) is 10.6. The van der Waals surface area contributed by atoms with Crippen LogP contribution in [0.1, 0.15) is 13.8 Å². The Morgan fingerprint density at radius 1 is 1.25 bits per heavy atom. The number of likely N-dealkylation sites (N-methyl/N-ethyl adjacent to an activating group) is 1. The molecule has 1 saturated heterocycles. The predicted molar refractivity (Wildman–Crippen MR) is 112 cm³/mol. The Kier molecular flexibility index (Phi) is 7.09. The van der Waals surface area contributed by atoms with Gasteiger partial charge in [0.1, 0.15) is 0 Å². The predicted octanol–water partition coefficient (Wildman–Crippen LogP) is 1.69. The monoisotopic (exact) mass is 404 g/mol. The molecule has 0 bridgehead atoms. The molecule has 0 radical (unpaired) electrons. The minimum absolute atomic E-state index is 0.0960. The lowest BCUT2D eigenvalue weighted by atomic mass is 10.2. The Balaban J connectivity index is 1.82. The van der Waals surface area contributed by atoms with Crippen LogP contribution in [0.25, 0.3) is 10.9 Å². The molecular weight excluding hydrogens is 376 g/mol. The molecule has 8 heteroatoms. The van der Waals surface area contributed by atoms with E-state index in [4.69, 9.17) is 4.74 Å². The quantitative estimate of drug-likeness (QED) is 0.517. The fraction of sp³-hybridized carbons (Fsp3) is 0.550. The fourth-order valence-corrected chi connectivity index (χ4v) is 4.39. The van der Waals surface area contributed by atoms with E-state index in [1.165, 1.54) is 11.8 Å². The van der Waals surface area contributed by atoms with Crippen molar-refractivity contribution >= 4 is 28.6 Å². The number of carbonyl (C=O) groups excluding carboxylic acids is 1. The van der Waals surface area contributed by atoms with Crippen LogP contribution in [0.5, 0.6) is 0 Å². The van der Waals surface area contributed by atoms with Crippen LogP contribution < -0.4 is 5.56 Å². The van der Waals surface area contributed by atoms with Gasteiger partial charge in [0.25, 0.3) is 5.56 Å². The number of nitrogens with zero attached hydrogens (tertiary/aromatic N) is 4. The van der Waals surface area contributed by atoms with Gasteiger partial charge in [-0.15, -0.1) is 0 Å². The summed E-state index contributed by atoms with van der Waals surface area (Å²) < 4.78 is 6.78. The van der Waals surface area contributed by atoms with Gasteiger partial charge in [0, 0.05) is 33.3 Å². The van der Waals surface area contributed by atoms with Crippen LogP contribution in [0.3, 0.4) is 0 Å². The van der Waals surface area contributed by atoms with E-state index >= 15 is 0 Å². The number of ether oxygens (including phenoxy) is 1. The van der Waals surface area contributed by atoms with E-state index in [1.807, 2.05) is 30.0 Å². The summed E-state index contributed by atoms with van der Waals surface area (Å²) in [7, 11) is 1.61. The van der Waals surface area contributed by atoms with Crippen LogP contribution in [0, 0.1) is 0 Å². The van der Waals surface area contributed by atoms with Gasteiger partial charge in [-0.2, -0.15) is 0 Å². The number of piperazine rings is 1. The van der Waals surface area contributed by atoms with Gasteiger partial charge in [0.15, 0.2) is 5.16 Å². The molecule has 0 spiro atoms. The van der Waals surface area contributed by atoms with E-state index in [0.29, 0.717) is 29.2 Å². The van der Waals surface area contributed by atoms with Crippen molar-refractivity contribution < 1.29 is 9.53 Å². The minimum Gasteiger partial charge on any atom is -0.383 e. The highest BCUT2D eigenvalue weighted by molar-refractivity contribution is 8.00. The molecule has 0 unspecified atom stereocenters. The lowest BCUT2D eigenvalue weighted by molar-refractivity contribution is -0.132. The maximum atomic E-state index is 12.9. The highest BCUT2D eigenvalue weighted by atomic mass is 32.2. The molecule has 1 aliphatic rings. The van der Waals surface area contributed by atoms with Crippen LogP contribution in [0.2, 0.25) is 0 Å². The molecule has 1 atom stereocenters. The number of hydrogen-bond donors (Lipinski definition) is 0. The average Bonchev–Trinajstić information content (AvgIpc) is 2.73. The summed E-state index contributed by atoms with van der Waals surface area (Å²) in [5.41, 5.74) is 0.557. The maximum Gasteiger partial charge on any atom is 0.262 e. The molecule has 152 valence electrons. The Morgan fingerprint density at radius 3 is 2.64 bits per heavy atom. The van der Waals surface area contributed by atoms with Crippen molar-refractivity contribution in [1.29, 1.82) is 0 Å². The summed E-state index contributed by atoms with van der Waals surface area (Å²) in [5.74, 6) is 0.0986. The number of aromatic nitrogens is 2. The van der Waals surface area contributed by atoms with E-state index in [0.717, 1.165) is 32.7 Å². The molecule has 2 aromatic rings. The van der Waals surface area contributed by atoms with Gasteiger partial charge >= 0.3 is 0 Å². The number of thioether (sulfide) groups is 1. The van der Waals surface area contributed by atoms with Gasteiger partial charge in [-0.25, -0.2) is 4.98 Å². The largest absolute Gasteiger partial charge is 0.383 e. The summed E-state index contributed by atoms with van der Waals surface area (Å²) in [6.07, 6.45) is 0. The summed E-state index contributed by atoms with van der Waals surface area (Å²) >= 11 is 1.35. The van der Waals surface area contributed by atoms with Crippen LogP contribution in [0.15, 0.2) is 34.2 Å². The Hall–Kier alpha value is -1.90. The van der Waals surface area contributed by atoms with E-state index < -0.39 is 0 Å². The molecule has 1 amide bonds. The van der Waals surface area contributed by atoms with Crippen molar-refractivity contribution in [2.45, 2.75) is 30.8 Å². The summed E-state index contributed by atoms with van der Waals surface area (Å²) in [5, 5.41) is 0.835. The minimum atomic E-state index is -0.310. The van der Waals surface area contributed by atoms with Gasteiger partial charge in [-0.1, -0.05) is 30.8 Å². The topological polar surface area (TPSA) is 67.7 Å². The second-order valence-corrected chi connectivity index (χ2v) is 8.19. The highest BCUT2D eigenvalue weighted by Gasteiger charge is 2.26. The molecule has 1 aromatic carbocycles. The summed E-state index contributed by atoms with van der Waals surface area (Å²) in [4.78, 5) is 34.8. The highest BCUT2D eigenvalue weighted by Crippen LogP contribution is 2.24. The van der Waals surface area contributed by atoms with E-state index in [9.17, 15) is 9.59 Å². The molecule has 7 nitrogen and oxygen atoms in total. The summed E-state index contributed by atoms with van der Waals surface area (Å²) in [6.45, 7) is 9.18. The third-order valence-corrected chi connectivity index (χ3v) is 6.18. The lowest BCUT2D eigenvalue weighted by Gasteiger charge is -2.35. The van der Waals surface area contributed by atoms with Crippen molar-refractivity contribution in [3.63, 3.8) is 0 Å². The lowest BCUT2D eigenvalue weighted by Crippen LogP contribution is -2.50. The molecule has 0 saturated carbocycles. The first-order chi connectivity index (χ1) is 13.5. The second kappa shape index (κ2) is 9.54. The molecule has 2 heterocycles. The number of amides is 1. The van der Waals surface area contributed by atoms with Gasteiger partial charge < -0.3 is 14.5 Å². The number of hydrogen-bond acceptors (Lipinski definition) is 6. The van der Waals surface area contributed by atoms with E-state index in [-0.39, 0.29) is 16.7 Å². The number of carbonyl (C=O) groups is 1. The molecule has 3 rings (SSSR count). The van der Waals surface area contributed by atoms with Crippen LogP contribution in [-0.2, 0) is 16.1 Å². The molecule has 1 fully saturated rings. The Labute approximate surface area is 169 Å². The molecule has 0 aliphatic carbocycles. The van der Waals surface area contributed by atoms with Gasteiger partial charge in [0.2, 0.25) is 5.91 Å². The third-order valence-electron chi connectivity index (χ3n) is 5.11. The average molecular weight is 405 g/mol. The maximum absolute atomic E-state index is 12.9. The van der Waals surface area contributed by atoms with Crippen molar-refractivity contribution in [2.75, 3.05) is 46.4 Å². The normalized spacial score (nSPS) is 16.5. The van der Waals surface area contributed by atoms with Crippen LogP contribution >= 0.6 is 11.8 Å². The number of benzene rings is 1. The van der Waals surface area contributed by atoms with Crippen molar-refractivity contribution in [2.24, 2.45) is 0 Å². The van der Waals surface area contributed by atoms with Crippen LogP contribution in [-0.4, -0.2) is 76.9 Å². The first-order valence-electron chi connectivity index (χ1n) is 9.71. The molecule has 28 heavy (non-hydrogen) atoms. The van der Waals surface area contributed by atoms with E-state index in [2.05, 4.69) is 16.8 Å². The van der Waals surface area contributed by atoms with Crippen molar-refractivity contribution in [1.82, 2.24) is 19.4 Å². The third kappa shape index (κ3) is 4.56. The van der Waals surface area contributed by atoms with Gasteiger partial charge in [-0.3, -0.25) is 14.2 Å². The smallest absolute Gasteiger partial charge is 0.262 e. The fourth-order valence-electron chi connectivity index (χ4n) is 3.37. The first kappa shape index (κ1) is 20.8. The van der Waals surface area contributed by atoms with Gasteiger partial charge in [0.05, 0.1) is 29.3 Å². The van der Waals surface area contributed by atoms with Crippen molar-refractivity contribution in [3.05, 3.63) is 34.6 Å². The Bertz CT molecular complexity index is 877. The van der Waals surface area contributed by atoms with Gasteiger partial charge in [-0.05, 0) is 25.6 Å². The summed E-state index contributed by atoms with van der Waals surface area (Å²) in [6, 6.07) is 7.31. The number of rotatable bonds is 7. The zero-order chi connectivity index (χ0) is 20.1. The Morgan fingerprint density at radius 2 is 1.96 bits per heavy atom. The molecule has 0 N–H and O–H groups in total. The number of para-hydroxylation sites is 1. The molecule has 1 aromatic heterocycles. The molecular formula is C20H28N4O3S. The van der Waals surface area contributed by atoms with E-state index in [1.54, 1.807) is 17.7 Å². The standard InChI is InChI=1S/C20H28N4O3S/c1-4-22-9-11-23(12-10-22)18(25)15(2)28-20-21-17-8-6-5-7-16(17)19(26)24(20)13-14-27-3/h5-8,15H,4,9-14H2,1-3H3/t15-/m1/s1. The second-order valence-electron chi connectivity index (χ2n) is 6.88. The molecule has 1 aliphatic heterocycles.